The van der Waals surface area contributed by atoms with Crippen LogP contribution in [0.2, 0.25) is 0 Å². The first kappa shape index (κ1) is 18.1. The van der Waals surface area contributed by atoms with E-state index in [4.69, 9.17) is 4.74 Å². The minimum absolute atomic E-state index is 0.150. The van der Waals surface area contributed by atoms with Crippen LogP contribution in [0.25, 0.3) is 0 Å². The van der Waals surface area contributed by atoms with E-state index in [9.17, 15) is 0 Å². The zero-order valence-electron chi connectivity index (χ0n) is 15.7. The highest BCUT2D eigenvalue weighted by molar-refractivity contribution is 6.04. The third kappa shape index (κ3) is 4.17. The number of allylic oxidation sites excluding steroid dienone is 3. The second kappa shape index (κ2) is 8.02. The van der Waals surface area contributed by atoms with Crippen LogP contribution >= 0.6 is 0 Å². The second-order valence-electron chi connectivity index (χ2n) is 6.43. The molecule has 1 aliphatic rings. The van der Waals surface area contributed by atoms with Crippen LogP contribution < -0.4 is 4.74 Å². The predicted molar refractivity (Wildman–Crippen MR) is 103 cm³/mol. The number of hydrogen-bond acceptors (Lipinski definition) is 2. The number of aliphatic imine (C=N–C) groups is 1. The number of nitrogens with zero attached hydrogens (tertiary/aromatic N) is 1. The van der Waals surface area contributed by atoms with Gasteiger partial charge in [0.15, 0.2) is 0 Å². The van der Waals surface area contributed by atoms with E-state index < -0.39 is 0 Å². The van der Waals surface area contributed by atoms with Crippen LogP contribution in [0.5, 0.6) is 5.75 Å². The molecule has 0 atom stereocenters. The van der Waals surface area contributed by atoms with Gasteiger partial charge < -0.3 is 4.74 Å². The highest BCUT2D eigenvalue weighted by Crippen LogP contribution is 2.30. The zero-order valence-corrected chi connectivity index (χ0v) is 15.7. The summed E-state index contributed by atoms with van der Waals surface area (Å²) >= 11 is 0. The van der Waals surface area contributed by atoms with Crippen molar-refractivity contribution < 1.29 is 4.74 Å². The molecule has 0 aliphatic carbocycles. The molecular weight excluding hydrogens is 294 g/mol. The molecule has 24 heavy (non-hydrogen) atoms. The molecule has 2 nitrogen and oxygen atoms in total. The highest BCUT2D eigenvalue weighted by Gasteiger charge is 2.17. The summed E-state index contributed by atoms with van der Waals surface area (Å²) < 4.78 is 6.04. The highest BCUT2D eigenvalue weighted by atomic mass is 16.5. The first-order valence-electron chi connectivity index (χ1n) is 8.55. The number of hydrogen-bond donors (Lipinski definition) is 0. The molecule has 1 aromatic carbocycles. The normalized spacial score (nSPS) is 14.2. The zero-order chi connectivity index (χ0) is 17.7. The lowest BCUT2D eigenvalue weighted by Crippen LogP contribution is -2.10. The summed E-state index contributed by atoms with van der Waals surface area (Å²) in [6, 6.07) is 4.37. The smallest absolute Gasteiger partial charge is 0.126 e. The van der Waals surface area contributed by atoms with Gasteiger partial charge >= 0.3 is 0 Å². The molecule has 0 saturated carbocycles. The van der Waals surface area contributed by atoms with E-state index >= 15 is 0 Å². The molecule has 0 fully saturated rings. The van der Waals surface area contributed by atoms with Gasteiger partial charge in [-0.25, -0.2) is 0 Å². The maximum atomic E-state index is 6.04. The molecule has 1 aromatic rings. The lowest BCUT2D eigenvalue weighted by Gasteiger charge is -2.18. The molecule has 0 spiro atoms. The molecule has 0 radical (unpaired) electrons. The Balaban J connectivity index is 2.36. The third-order valence-corrected chi connectivity index (χ3v) is 4.17. The van der Waals surface area contributed by atoms with Crippen molar-refractivity contribution in [3.63, 3.8) is 0 Å². The Morgan fingerprint density at radius 2 is 2.12 bits per heavy atom. The van der Waals surface area contributed by atoms with Gasteiger partial charge in [-0.05, 0) is 70.4 Å². The Kier molecular flexibility index (Phi) is 6.04. The van der Waals surface area contributed by atoms with Gasteiger partial charge in [-0.3, -0.25) is 4.99 Å². The van der Waals surface area contributed by atoms with Crippen molar-refractivity contribution in [3.8, 4) is 17.6 Å². The number of aryl methyl sites for hydroxylation is 1. The molecule has 1 aliphatic heterocycles. The molecule has 0 aromatic heterocycles. The summed E-state index contributed by atoms with van der Waals surface area (Å²) in [5.41, 5.74) is 7.17. The maximum absolute atomic E-state index is 6.04. The minimum atomic E-state index is 0.150. The van der Waals surface area contributed by atoms with Gasteiger partial charge in [0.2, 0.25) is 0 Å². The number of benzene rings is 1. The minimum Gasteiger partial charge on any atom is -0.490 e. The van der Waals surface area contributed by atoms with Gasteiger partial charge in [0, 0.05) is 24.6 Å². The van der Waals surface area contributed by atoms with Gasteiger partial charge in [0.25, 0.3) is 0 Å². The van der Waals surface area contributed by atoms with E-state index in [-0.39, 0.29) is 6.10 Å². The van der Waals surface area contributed by atoms with E-state index in [2.05, 4.69) is 69.7 Å². The van der Waals surface area contributed by atoms with Gasteiger partial charge in [-0.15, -0.1) is 5.92 Å². The largest absolute Gasteiger partial charge is 0.490 e. The van der Waals surface area contributed by atoms with Crippen molar-refractivity contribution in [1.82, 2.24) is 0 Å². The lowest BCUT2D eigenvalue weighted by molar-refractivity contribution is 0.239. The van der Waals surface area contributed by atoms with Crippen LogP contribution in [0, 0.1) is 18.8 Å². The first-order chi connectivity index (χ1) is 11.5. The summed E-state index contributed by atoms with van der Waals surface area (Å²) in [5.74, 6) is 7.11. The molecule has 2 rings (SSSR count). The molecule has 126 valence electrons. The molecule has 2 heteroatoms. The SMILES string of the molecule is CC#CCc1cc(C2=NC=C(/C(C)=C/C)C2)cc(C)c1OC(C)C. The molecule has 0 unspecified atom stereocenters. The molecule has 1 heterocycles. The Morgan fingerprint density at radius 1 is 1.38 bits per heavy atom. The van der Waals surface area contributed by atoms with E-state index in [0.29, 0.717) is 6.42 Å². The third-order valence-electron chi connectivity index (χ3n) is 4.17. The molecular formula is C22H27NO. The van der Waals surface area contributed by atoms with Gasteiger partial charge in [0.05, 0.1) is 11.8 Å². The first-order valence-corrected chi connectivity index (χ1v) is 8.55. The Bertz CT molecular complexity index is 767. The van der Waals surface area contributed by atoms with E-state index in [1.807, 2.05) is 13.1 Å². The summed E-state index contributed by atoms with van der Waals surface area (Å²) in [5, 5.41) is 0. The topological polar surface area (TPSA) is 21.6 Å². The van der Waals surface area contributed by atoms with Crippen molar-refractivity contribution in [2.45, 2.75) is 60.5 Å². The van der Waals surface area contributed by atoms with Crippen molar-refractivity contribution >= 4 is 5.71 Å². The lowest BCUT2D eigenvalue weighted by atomic mass is 9.96. The van der Waals surface area contributed by atoms with Crippen LogP contribution in [-0.4, -0.2) is 11.8 Å². The summed E-state index contributed by atoms with van der Waals surface area (Å²) in [6.45, 7) is 12.3. The van der Waals surface area contributed by atoms with Gasteiger partial charge in [-0.2, -0.15) is 0 Å². The fourth-order valence-electron chi connectivity index (χ4n) is 2.76. The fourth-order valence-corrected chi connectivity index (χ4v) is 2.76. The van der Waals surface area contributed by atoms with E-state index in [1.54, 1.807) is 0 Å². The van der Waals surface area contributed by atoms with Crippen LogP contribution in [0.4, 0.5) is 0 Å². The standard InChI is InChI=1S/C22H27NO/c1-7-9-10-18-12-19(11-17(6)22(18)24-15(3)4)21-13-20(14-23-21)16(5)8-2/h8,11-12,14-15H,10,13H2,1-6H3/b16-8+. The quantitative estimate of drug-likeness (QED) is 0.666. The van der Waals surface area contributed by atoms with Gasteiger partial charge in [-0.1, -0.05) is 17.6 Å². The van der Waals surface area contributed by atoms with Crippen LogP contribution in [-0.2, 0) is 6.42 Å². The van der Waals surface area contributed by atoms with Crippen molar-refractivity contribution in [3.05, 3.63) is 52.2 Å². The molecule has 0 saturated heterocycles. The van der Waals surface area contributed by atoms with Crippen LogP contribution in [0.15, 0.2) is 40.5 Å². The van der Waals surface area contributed by atoms with Gasteiger partial charge in [0.1, 0.15) is 5.75 Å². The van der Waals surface area contributed by atoms with E-state index in [0.717, 1.165) is 29.0 Å². The van der Waals surface area contributed by atoms with Crippen molar-refractivity contribution in [2.24, 2.45) is 4.99 Å². The Hall–Kier alpha value is -2.27. The monoisotopic (exact) mass is 321 g/mol. The Morgan fingerprint density at radius 3 is 2.75 bits per heavy atom. The van der Waals surface area contributed by atoms with Crippen molar-refractivity contribution in [2.75, 3.05) is 0 Å². The summed E-state index contributed by atoms with van der Waals surface area (Å²) in [7, 11) is 0. The summed E-state index contributed by atoms with van der Waals surface area (Å²) in [6.07, 6.45) is 5.87. The maximum Gasteiger partial charge on any atom is 0.126 e. The number of ether oxygens (including phenoxy) is 1. The molecule has 0 bridgehead atoms. The predicted octanol–water partition coefficient (Wildman–Crippen LogP) is 5.39. The Labute approximate surface area is 146 Å². The average Bonchev–Trinajstić information content (AvgIpc) is 3.04. The van der Waals surface area contributed by atoms with Crippen LogP contribution in [0.1, 0.15) is 57.7 Å². The molecule has 0 N–H and O–H groups in total. The van der Waals surface area contributed by atoms with E-state index in [1.165, 1.54) is 16.7 Å². The summed E-state index contributed by atoms with van der Waals surface area (Å²) in [4.78, 5) is 4.65. The number of rotatable bonds is 5. The van der Waals surface area contributed by atoms with Crippen molar-refractivity contribution in [1.29, 1.82) is 0 Å². The average molecular weight is 321 g/mol. The van der Waals surface area contributed by atoms with Crippen LogP contribution in [0.3, 0.4) is 0 Å². The molecule has 0 amide bonds. The fraction of sp³-hybridized carbons (Fsp3) is 0.409. The second-order valence-corrected chi connectivity index (χ2v) is 6.43.